The van der Waals surface area contributed by atoms with Gasteiger partial charge in [0.15, 0.2) is 0 Å². The summed E-state index contributed by atoms with van der Waals surface area (Å²) in [6.45, 7) is 0. The minimum atomic E-state index is -0.420. The molecule has 2 aromatic carbocycles. The quantitative estimate of drug-likeness (QED) is 0.424. The molecule has 0 bridgehead atoms. The van der Waals surface area contributed by atoms with Crippen LogP contribution in [0.2, 0.25) is 0 Å². The summed E-state index contributed by atoms with van der Waals surface area (Å²) in [5.41, 5.74) is 5.33. The fourth-order valence-corrected chi connectivity index (χ4v) is 1.97. The predicted molar refractivity (Wildman–Crippen MR) is 98.6 cm³/mol. The lowest BCUT2D eigenvalue weighted by Gasteiger charge is -1.99. The summed E-state index contributed by atoms with van der Waals surface area (Å²) in [5.74, 6) is -1.66. The van der Waals surface area contributed by atoms with Crippen molar-refractivity contribution in [2.45, 2.75) is 19.3 Å². The molecule has 0 radical (unpaired) electrons. The largest absolute Gasteiger partial charge is 0.271 e. The summed E-state index contributed by atoms with van der Waals surface area (Å²) in [6.07, 6.45) is 5.01. The second-order valence-electron chi connectivity index (χ2n) is 5.45. The van der Waals surface area contributed by atoms with E-state index < -0.39 is 23.4 Å². The van der Waals surface area contributed by atoms with Gasteiger partial charge in [0, 0.05) is 23.6 Å². The predicted octanol–water partition coefficient (Wildman–Crippen LogP) is 3.27. The second-order valence-corrected chi connectivity index (χ2v) is 5.45. The molecular formula is C19H18F2N4O2. The van der Waals surface area contributed by atoms with Gasteiger partial charge in [-0.25, -0.2) is 19.6 Å². The van der Waals surface area contributed by atoms with Crippen LogP contribution in [0.5, 0.6) is 0 Å². The van der Waals surface area contributed by atoms with E-state index in [9.17, 15) is 18.4 Å². The molecule has 0 aliphatic rings. The van der Waals surface area contributed by atoms with Crippen LogP contribution in [0, 0.1) is 11.6 Å². The van der Waals surface area contributed by atoms with Gasteiger partial charge >= 0.3 is 0 Å². The second kappa shape index (κ2) is 10.5. The van der Waals surface area contributed by atoms with E-state index in [4.69, 9.17) is 0 Å². The summed E-state index contributed by atoms with van der Waals surface area (Å²) < 4.78 is 25.5. The molecule has 0 saturated carbocycles. The number of hydrogen-bond acceptors (Lipinski definition) is 4. The molecule has 8 heteroatoms. The number of halogens is 2. The number of unbranched alkanes of at least 4 members (excludes halogenated alkanes) is 2. The zero-order valence-corrected chi connectivity index (χ0v) is 14.4. The van der Waals surface area contributed by atoms with Crippen LogP contribution in [0.1, 0.15) is 40.0 Å². The highest BCUT2D eigenvalue weighted by atomic mass is 19.1. The number of nitrogens with zero attached hydrogens (tertiary/aromatic N) is 2. The first-order valence-electron chi connectivity index (χ1n) is 8.21. The summed E-state index contributed by atoms with van der Waals surface area (Å²) in [7, 11) is 0. The third-order valence-corrected chi connectivity index (χ3v) is 3.39. The molecule has 140 valence electrons. The van der Waals surface area contributed by atoms with Gasteiger partial charge in [0.05, 0.1) is 0 Å². The Balaban J connectivity index is 1.59. The van der Waals surface area contributed by atoms with Crippen molar-refractivity contribution >= 4 is 24.2 Å². The van der Waals surface area contributed by atoms with E-state index in [0.717, 1.165) is 0 Å². The zero-order chi connectivity index (χ0) is 19.5. The molecule has 2 aromatic rings. The van der Waals surface area contributed by atoms with Crippen molar-refractivity contribution in [3.8, 4) is 0 Å². The van der Waals surface area contributed by atoms with Crippen LogP contribution in [0.25, 0.3) is 0 Å². The van der Waals surface area contributed by atoms with E-state index in [2.05, 4.69) is 21.1 Å². The number of hydrazone groups is 2. The Labute approximate surface area is 155 Å². The van der Waals surface area contributed by atoms with Crippen LogP contribution >= 0.6 is 0 Å². The van der Waals surface area contributed by atoms with Crippen molar-refractivity contribution in [3.63, 3.8) is 0 Å². The maximum Gasteiger partial charge on any atom is 0.271 e. The van der Waals surface area contributed by atoms with E-state index >= 15 is 0 Å². The van der Waals surface area contributed by atoms with Gasteiger partial charge in [0.25, 0.3) is 11.8 Å². The van der Waals surface area contributed by atoms with Crippen molar-refractivity contribution in [3.05, 3.63) is 71.3 Å². The Hall–Kier alpha value is -3.42. The Morgan fingerprint density at radius 3 is 1.48 bits per heavy atom. The van der Waals surface area contributed by atoms with Gasteiger partial charge in [-0.3, -0.25) is 9.59 Å². The molecule has 2 N–H and O–H groups in total. The van der Waals surface area contributed by atoms with E-state index in [0.29, 0.717) is 30.4 Å². The number of amides is 2. The lowest BCUT2D eigenvalue weighted by molar-refractivity contribution is 0.0947. The molecule has 0 aliphatic heterocycles. The Morgan fingerprint density at radius 2 is 1.11 bits per heavy atom. The lowest BCUT2D eigenvalue weighted by Crippen LogP contribution is -2.17. The Morgan fingerprint density at radius 1 is 0.741 bits per heavy atom. The maximum atomic E-state index is 12.8. The molecule has 0 heterocycles. The van der Waals surface area contributed by atoms with Crippen molar-refractivity contribution in [2.24, 2.45) is 10.2 Å². The number of rotatable bonds is 8. The van der Waals surface area contributed by atoms with Crippen LogP contribution in [0.15, 0.2) is 58.7 Å². The lowest BCUT2D eigenvalue weighted by atomic mass is 10.2. The van der Waals surface area contributed by atoms with Crippen LogP contribution in [-0.2, 0) is 0 Å². The minimum absolute atomic E-state index is 0.317. The molecule has 6 nitrogen and oxygen atoms in total. The van der Waals surface area contributed by atoms with Crippen LogP contribution in [0.4, 0.5) is 8.78 Å². The van der Waals surface area contributed by atoms with Gasteiger partial charge in [-0.2, -0.15) is 10.2 Å². The molecule has 0 aromatic heterocycles. The fourth-order valence-electron chi connectivity index (χ4n) is 1.97. The van der Waals surface area contributed by atoms with Crippen molar-refractivity contribution in [1.82, 2.24) is 10.9 Å². The van der Waals surface area contributed by atoms with Gasteiger partial charge in [-0.05, 0) is 67.8 Å². The van der Waals surface area contributed by atoms with E-state index in [1.54, 1.807) is 12.4 Å². The van der Waals surface area contributed by atoms with Gasteiger partial charge in [0.2, 0.25) is 0 Å². The van der Waals surface area contributed by atoms with Gasteiger partial charge < -0.3 is 0 Å². The summed E-state index contributed by atoms with van der Waals surface area (Å²) >= 11 is 0. The molecule has 0 fully saturated rings. The standard InChI is InChI=1S/C19H18F2N4O2/c20-16-8-4-14(5-9-16)18(26)24-22-12-2-1-3-13-23-25-19(27)15-6-10-17(21)11-7-15/h4-13H,1-3H2,(H,24,26)(H,25,27)/b22-12+,23-13+. The van der Waals surface area contributed by atoms with Crippen LogP contribution in [-0.4, -0.2) is 24.2 Å². The fraction of sp³-hybridized carbons (Fsp3) is 0.158. The highest BCUT2D eigenvalue weighted by Gasteiger charge is 2.04. The molecule has 0 aliphatic carbocycles. The van der Waals surface area contributed by atoms with Crippen LogP contribution < -0.4 is 10.9 Å². The number of hydrogen-bond donors (Lipinski definition) is 2. The third kappa shape index (κ3) is 7.15. The zero-order valence-electron chi connectivity index (χ0n) is 14.4. The van der Waals surface area contributed by atoms with Gasteiger partial charge in [-0.15, -0.1) is 0 Å². The first-order valence-corrected chi connectivity index (χ1v) is 8.21. The van der Waals surface area contributed by atoms with E-state index in [1.807, 2.05) is 0 Å². The average Bonchev–Trinajstić information content (AvgIpc) is 2.67. The monoisotopic (exact) mass is 372 g/mol. The maximum absolute atomic E-state index is 12.8. The molecule has 0 atom stereocenters. The van der Waals surface area contributed by atoms with Crippen LogP contribution in [0.3, 0.4) is 0 Å². The van der Waals surface area contributed by atoms with Gasteiger partial charge in [0.1, 0.15) is 11.6 Å². The molecule has 2 rings (SSSR count). The SMILES string of the molecule is O=C(N/N=C/CCC/C=N/NC(=O)c1ccc(F)cc1)c1ccc(F)cc1. The summed E-state index contributed by atoms with van der Waals surface area (Å²) in [6, 6.07) is 10.3. The first-order chi connectivity index (χ1) is 13.1. The third-order valence-electron chi connectivity index (χ3n) is 3.39. The number of carbonyl (C=O) groups is 2. The number of benzene rings is 2. The van der Waals surface area contributed by atoms with Gasteiger partial charge in [-0.1, -0.05) is 0 Å². The molecule has 2 amide bonds. The van der Waals surface area contributed by atoms with E-state index in [-0.39, 0.29) is 0 Å². The van der Waals surface area contributed by atoms with Crippen molar-refractivity contribution < 1.29 is 18.4 Å². The highest BCUT2D eigenvalue weighted by molar-refractivity contribution is 5.94. The first kappa shape index (κ1) is 19.9. The minimum Gasteiger partial charge on any atom is -0.267 e. The average molecular weight is 372 g/mol. The Bertz CT molecular complexity index is 749. The number of nitrogens with one attached hydrogen (secondary N) is 2. The normalized spacial score (nSPS) is 11.0. The van der Waals surface area contributed by atoms with Crippen molar-refractivity contribution in [2.75, 3.05) is 0 Å². The molecule has 0 spiro atoms. The molecule has 27 heavy (non-hydrogen) atoms. The molecular weight excluding hydrogens is 354 g/mol. The molecule has 0 unspecified atom stereocenters. The summed E-state index contributed by atoms with van der Waals surface area (Å²) in [5, 5.41) is 7.60. The van der Waals surface area contributed by atoms with Crippen molar-refractivity contribution in [1.29, 1.82) is 0 Å². The summed E-state index contributed by atoms with van der Waals surface area (Å²) in [4.78, 5) is 23.4. The Kier molecular flexibility index (Phi) is 7.77. The van der Waals surface area contributed by atoms with E-state index in [1.165, 1.54) is 48.5 Å². The highest BCUT2D eigenvalue weighted by Crippen LogP contribution is 2.03. The number of carbonyl (C=O) groups excluding carboxylic acids is 2. The molecule has 0 saturated heterocycles. The smallest absolute Gasteiger partial charge is 0.267 e. The topological polar surface area (TPSA) is 82.9 Å².